The van der Waals surface area contributed by atoms with Crippen molar-refractivity contribution in [3.8, 4) is 5.75 Å². The molecule has 5 nitrogen and oxygen atoms in total. The van der Waals surface area contributed by atoms with Gasteiger partial charge in [-0.15, -0.1) is 0 Å². The molecule has 2 saturated carbocycles. The number of carbonyl (C=O) groups excluding carboxylic acids is 2. The largest absolute Gasteiger partial charge is 0.497 e. The fourth-order valence-corrected chi connectivity index (χ4v) is 7.41. The quantitative estimate of drug-likeness (QED) is 0.438. The van der Waals surface area contributed by atoms with Gasteiger partial charge in [0.15, 0.2) is 11.1 Å². The normalized spacial score (nSPS) is 32.3. The van der Waals surface area contributed by atoms with E-state index in [-0.39, 0.29) is 17.8 Å². The third-order valence-corrected chi connectivity index (χ3v) is 9.61. The summed E-state index contributed by atoms with van der Waals surface area (Å²) in [5.41, 5.74) is -0.504. The van der Waals surface area contributed by atoms with Crippen molar-refractivity contribution < 1.29 is 19.1 Å². The molecule has 0 bridgehead atoms. The molecule has 5 rings (SSSR count). The zero-order chi connectivity index (χ0) is 23.8. The Morgan fingerprint density at radius 1 is 0.941 bits per heavy atom. The van der Waals surface area contributed by atoms with Crippen LogP contribution in [-0.4, -0.2) is 35.0 Å². The lowest BCUT2D eigenvalue weighted by molar-refractivity contribution is -0.238. The Hall–Kier alpha value is -2.04. The van der Waals surface area contributed by atoms with Gasteiger partial charge in [0.05, 0.1) is 13.0 Å². The van der Waals surface area contributed by atoms with E-state index in [1.54, 1.807) is 7.11 Å². The molecule has 1 unspecified atom stereocenters. The van der Waals surface area contributed by atoms with E-state index in [4.69, 9.17) is 9.47 Å². The number of benzene rings is 1. The summed E-state index contributed by atoms with van der Waals surface area (Å²) in [6.45, 7) is 2.43. The molecule has 3 atom stereocenters. The Morgan fingerprint density at radius 2 is 1.56 bits per heavy atom. The third kappa shape index (κ3) is 3.93. The summed E-state index contributed by atoms with van der Waals surface area (Å²) in [5, 5.41) is 0. The summed E-state index contributed by atoms with van der Waals surface area (Å²) < 4.78 is 11.5. The van der Waals surface area contributed by atoms with Crippen molar-refractivity contribution in [1.82, 2.24) is 4.90 Å². The molecule has 0 N–H and O–H groups in total. The van der Waals surface area contributed by atoms with Crippen LogP contribution in [0.4, 0.5) is 0 Å². The van der Waals surface area contributed by atoms with Crippen LogP contribution in [0.15, 0.2) is 24.3 Å². The van der Waals surface area contributed by atoms with Crippen molar-refractivity contribution in [2.24, 2.45) is 17.8 Å². The van der Waals surface area contributed by atoms with Crippen molar-refractivity contribution >= 4 is 11.9 Å². The molecule has 1 aromatic rings. The molecule has 0 spiro atoms. The van der Waals surface area contributed by atoms with Crippen LogP contribution in [0.1, 0.15) is 96.0 Å². The van der Waals surface area contributed by atoms with Gasteiger partial charge in [0.2, 0.25) is 5.91 Å². The third-order valence-electron chi connectivity index (χ3n) is 9.61. The maximum absolute atomic E-state index is 14.0. The number of rotatable bonds is 8. The number of carbonyl (C=O) groups is 2. The average Bonchev–Trinajstić information content (AvgIpc) is 3.01. The van der Waals surface area contributed by atoms with Gasteiger partial charge in [0, 0.05) is 6.54 Å². The average molecular weight is 468 g/mol. The smallest absolute Gasteiger partial charge is 0.336 e. The van der Waals surface area contributed by atoms with E-state index in [2.05, 4.69) is 0 Å². The maximum atomic E-state index is 14.0. The molecule has 2 aliphatic heterocycles. The van der Waals surface area contributed by atoms with Crippen LogP contribution in [0.25, 0.3) is 0 Å². The Bertz CT molecular complexity index is 886. The van der Waals surface area contributed by atoms with Crippen LogP contribution < -0.4 is 4.74 Å². The highest BCUT2D eigenvalue weighted by Crippen LogP contribution is 2.59. The van der Waals surface area contributed by atoms with E-state index in [9.17, 15) is 9.59 Å². The van der Waals surface area contributed by atoms with Gasteiger partial charge in [0.25, 0.3) is 0 Å². The summed E-state index contributed by atoms with van der Waals surface area (Å²) in [5.74, 6) is 1.76. The summed E-state index contributed by atoms with van der Waals surface area (Å²) >= 11 is 0. The van der Waals surface area contributed by atoms with Crippen LogP contribution in [-0.2, 0) is 20.9 Å². The number of fused-ring (bicyclic) bond motifs is 1. The lowest BCUT2D eigenvalue weighted by atomic mass is 9.64. The first kappa shape index (κ1) is 23.7. The van der Waals surface area contributed by atoms with E-state index in [0.29, 0.717) is 18.4 Å². The lowest BCUT2D eigenvalue weighted by Gasteiger charge is -2.55. The molecule has 2 aliphatic carbocycles. The number of nitrogens with zero attached hydrogens (tertiary/aromatic N) is 1. The summed E-state index contributed by atoms with van der Waals surface area (Å²) in [7, 11) is 1.65. The van der Waals surface area contributed by atoms with Gasteiger partial charge in [-0.1, -0.05) is 76.3 Å². The van der Waals surface area contributed by atoms with E-state index < -0.39 is 11.1 Å². The molecule has 1 amide bonds. The zero-order valence-electron chi connectivity index (χ0n) is 21.0. The van der Waals surface area contributed by atoms with E-state index in [1.165, 1.54) is 64.2 Å². The van der Waals surface area contributed by atoms with Gasteiger partial charge >= 0.3 is 5.97 Å². The Labute approximate surface area is 204 Å². The molecule has 0 radical (unpaired) electrons. The van der Waals surface area contributed by atoms with E-state index in [0.717, 1.165) is 30.6 Å². The highest BCUT2D eigenvalue weighted by molar-refractivity contribution is 6.01. The van der Waals surface area contributed by atoms with Crippen LogP contribution in [0.2, 0.25) is 0 Å². The van der Waals surface area contributed by atoms with Gasteiger partial charge < -0.3 is 14.4 Å². The Morgan fingerprint density at radius 3 is 2.15 bits per heavy atom. The molecular formula is C29H41NO4. The molecule has 0 aromatic heterocycles. The van der Waals surface area contributed by atoms with E-state index in [1.807, 2.05) is 36.1 Å². The fraction of sp³-hybridized carbons (Fsp3) is 0.724. The number of hydrogen-bond donors (Lipinski definition) is 0. The number of likely N-dealkylation sites (tertiary alicyclic amines) is 1. The molecule has 186 valence electrons. The first-order valence-electron chi connectivity index (χ1n) is 13.7. The first-order chi connectivity index (χ1) is 16.5. The van der Waals surface area contributed by atoms with Crippen LogP contribution in [0, 0.1) is 17.8 Å². The number of amides is 1. The van der Waals surface area contributed by atoms with E-state index >= 15 is 0 Å². The van der Waals surface area contributed by atoms with Gasteiger partial charge in [-0.3, -0.25) is 4.79 Å². The van der Waals surface area contributed by atoms with Crippen molar-refractivity contribution in [2.75, 3.05) is 7.11 Å². The second-order valence-electron chi connectivity index (χ2n) is 11.5. The number of esters is 1. The zero-order valence-corrected chi connectivity index (χ0v) is 21.0. The summed E-state index contributed by atoms with van der Waals surface area (Å²) in [6, 6.07) is 7.84. The molecule has 1 aromatic carbocycles. The molecule has 4 fully saturated rings. The van der Waals surface area contributed by atoms with Crippen molar-refractivity contribution in [1.29, 1.82) is 0 Å². The molecule has 2 heterocycles. The van der Waals surface area contributed by atoms with Gasteiger partial charge in [-0.05, 0) is 55.7 Å². The van der Waals surface area contributed by atoms with Gasteiger partial charge in [-0.25, -0.2) is 4.79 Å². The second kappa shape index (κ2) is 9.54. The molecule has 34 heavy (non-hydrogen) atoms. The minimum Gasteiger partial charge on any atom is -0.497 e. The van der Waals surface area contributed by atoms with Crippen molar-refractivity contribution in [3.05, 3.63) is 29.8 Å². The van der Waals surface area contributed by atoms with Gasteiger partial charge in [0.1, 0.15) is 5.75 Å². The highest BCUT2D eigenvalue weighted by Gasteiger charge is 2.78. The molecule has 5 heteroatoms. The van der Waals surface area contributed by atoms with Crippen molar-refractivity contribution in [3.63, 3.8) is 0 Å². The van der Waals surface area contributed by atoms with Gasteiger partial charge in [-0.2, -0.15) is 0 Å². The predicted octanol–water partition coefficient (Wildman–Crippen LogP) is 6.04. The predicted molar refractivity (Wildman–Crippen MR) is 131 cm³/mol. The molecular weight excluding hydrogens is 426 g/mol. The number of hydrogen-bond acceptors (Lipinski definition) is 4. The van der Waals surface area contributed by atoms with Crippen LogP contribution in [0.5, 0.6) is 5.75 Å². The first-order valence-corrected chi connectivity index (χ1v) is 13.7. The Kier molecular flexibility index (Phi) is 6.65. The SMILES string of the molecule is COc1ccc(CN2C(=O)[C@H](CC3CCCCC3)[C@@]3(CCC4CCCCC4)OC(=O)C23C)cc1. The van der Waals surface area contributed by atoms with Crippen LogP contribution >= 0.6 is 0 Å². The van der Waals surface area contributed by atoms with Crippen LogP contribution in [0.3, 0.4) is 0 Å². The number of ether oxygens (including phenoxy) is 2. The topological polar surface area (TPSA) is 55.8 Å². The minimum absolute atomic E-state index is 0.124. The van der Waals surface area contributed by atoms with Crippen molar-refractivity contribution in [2.45, 2.75) is 108 Å². The minimum atomic E-state index is -0.863. The Balaban J connectivity index is 1.42. The lowest BCUT2D eigenvalue weighted by Crippen LogP contribution is -2.74. The summed E-state index contributed by atoms with van der Waals surface area (Å²) in [4.78, 5) is 29.1. The fourth-order valence-electron chi connectivity index (χ4n) is 7.41. The molecule has 2 saturated heterocycles. The standard InChI is InChI=1S/C29H41NO4/c1-28-27(32)34-29(28,18-17-21-9-5-3-6-10-21)25(19-22-11-7-4-8-12-22)26(31)30(28)20-23-13-15-24(33-2)16-14-23/h13-16,21-22,25H,3-12,17-20H2,1-2H3/t25-,28?,29+/m0/s1. The second-order valence-corrected chi connectivity index (χ2v) is 11.5. The number of methoxy groups -OCH3 is 1. The maximum Gasteiger partial charge on any atom is 0.336 e. The highest BCUT2D eigenvalue weighted by atomic mass is 16.6. The molecule has 4 aliphatic rings. The monoisotopic (exact) mass is 467 g/mol. The summed E-state index contributed by atoms with van der Waals surface area (Å²) in [6.07, 6.45) is 15.5.